The number of hydrogen-bond donors (Lipinski definition) is 3. The standard InChI is InChI=1S/C30H38O8/c1-14-8-18(36-6)11-21(37-7)22(14)27(34)38-26-15(2)12-29-16(3)9-20-23(28(20,4)5)19(25(29)33)10-17(13-31)24(32)30(26,29)35/h8,10-12,16,19-20,23-24,26,31-32,35H,9,13H2,1-7H3/t16-,19+,20-,23+,24-,26+,29+,30+/m1/s1. The summed E-state index contributed by atoms with van der Waals surface area (Å²) in [6.07, 6.45) is 1.13. The van der Waals surface area contributed by atoms with Crippen LogP contribution in [0.4, 0.5) is 0 Å². The van der Waals surface area contributed by atoms with E-state index < -0.39 is 41.7 Å². The van der Waals surface area contributed by atoms with Crippen LogP contribution in [0.5, 0.6) is 11.5 Å². The molecule has 3 N–H and O–H groups in total. The van der Waals surface area contributed by atoms with Crippen molar-refractivity contribution in [3.05, 3.63) is 46.6 Å². The fraction of sp³-hybridized carbons (Fsp3) is 0.600. The number of methoxy groups -OCH3 is 2. The van der Waals surface area contributed by atoms with Crippen LogP contribution in [0.3, 0.4) is 0 Å². The molecule has 1 aromatic rings. The third kappa shape index (κ3) is 3.26. The Balaban J connectivity index is 1.62. The van der Waals surface area contributed by atoms with Crippen molar-refractivity contribution in [2.24, 2.45) is 34.5 Å². The Hall–Kier alpha value is -2.68. The minimum absolute atomic E-state index is 0.0504. The van der Waals surface area contributed by atoms with Crippen LogP contribution < -0.4 is 9.47 Å². The lowest BCUT2D eigenvalue weighted by Gasteiger charge is -2.48. The summed E-state index contributed by atoms with van der Waals surface area (Å²) >= 11 is 0. The topological polar surface area (TPSA) is 123 Å². The fourth-order valence-electron chi connectivity index (χ4n) is 8.02. The molecular weight excluding hydrogens is 488 g/mol. The molecule has 4 aliphatic rings. The molecule has 0 saturated heterocycles. The Morgan fingerprint density at radius 3 is 2.45 bits per heavy atom. The van der Waals surface area contributed by atoms with E-state index in [9.17, 15) is 24.9 Å². The fourth-order valence-corrected chi connectivity index (χ4v) is 8.02. The quantitative estimate of drug-likeness (QED) is 0.395. The second kappa shape index (κ2) is 8.66. The third-order valence-corrected chi connectivity index (χ3v) is 10.1. The summed E-state index contributed by atoms with van der Waals surface area (Å²) in [6, 6.07) is 3.25. The Morgan fingerprint density at radius 2 is 1.84 bits per heavy atom. The molecule has 8 nitrogen and oxygen atoms in total. The van der Waals surface area contributed by atoms with Gasteiger partial charge in [-0.05, 0) is 66.2 Å². The van der Waals surface area contributed by atoms with Gasteiger partial charge in [-0.1, -0.05) is 32.9 Å². The lowest BCUT2D eigenvalue weighted by molar-refractivity contribution is -0.190. The summed E-state index contributed by atoms with van der Waals surface area (Å²) in [5, 5.41) is 34.5. The Kier molecular flexibility index (Phi) is 6.13. The number of ether oxygens (including phenoxy) is 3. The second-order valence-electron chi connectivity index (χ2n) is 12.2. The molecule has 0 aliphatic heterocycles. The van der Waals surface area contributed by atoms with Crippen LogP contribution in [0.1, 0.15) is 50.0 Å². The van der Waals surface area contributed by atoms with E-state index in [2.05, 4.69) is 13.8 Å². The summed E-state index contributed by atoms with van der Waals surface area (Å²) < 4.78 is 16.7. The van der Waals surface area contributed by atoms with Crippen LogP contribution in [-0.2, 0) is 9.53 Å². The van der Waals surface area contributed by atoms with Gasteiger partial charge in [-0.15, -0.1) is 0 Å². The number of rotatable bonds is 5. The van der Waals surface area contributed by atoms with Crippen molar-refractivity contribution in [3.63, 3.8) is 0 Å². The molecule has 8 heteroatoms. The maximum Gasteiger partial charge on any atom is 0.342 e. The molecule has 38 heavy (non-hydrogen) atoms. The number of hydrogen-bond acceptors (Lipinski definition) is 8. The molecule has 2 saturated carbocycles. The normalized spacial score (nSPS) is 38.6. The van der Waals surface area contributed by atoms with Gasteiger partial charge in [0.15, 0.2) is 17.5 Å². The van der Waals surface area contributed by atoms with Gasteiger partial charge in [0.2, 0.25) is 0 Å². The van der Waals surface area contributed by atoms with Crippen molar-refractivity contribution in [1.29, 1.82) is 0 Å². The molecule has 0 unspecified atom stereocenters. The number of aryl methyl sites for hydroxylation is 1. The number of fused-ring (bicyclic) bond motifs is 3. The maximum atomic E-state index is 14.5. The molecule has 2 fully saturated rings. The molecule has 0 heterocycles. The summed E-state index contributed by atoms with van der Waals surface area (Å²) in [4.78, 5) is 28.1. The Labute approximate surface area is 223 Å². The number of aliphatic hydroxyl groups excluding tert-OH is 2. The monoisotopic (exact) mass is 526 g/mol. The first-order chi connectivity index (χ1) is 17.8. The lowest BCUT2D eigenvalue weighted by Crippen LogP contribution is -2.65. The average molecular weight is 527 g/mol. The highest BCUT2D eigenvalue weighted by atomic mass is 16.6. The van der Waals surface area contributed by atoms with E-state index in [4.69, 9.17) is 14.2 Å². The Bertz CT molecular complexity index is 1260. The first-order valence-electron chi connectivity index (χ1n) is 13.2. The van der Waals surface area contributed by atoms with E-state index >= 15 is 0 Å². The first kappa shape index (κ1) is 26.9. The number of ketones is 1. The van der Waals surface area contributed by atoms with Crippen LogP contribution >= 0.6 is 0 Å². The molecule has 0 amide bonds. The van der Waals surface area contributed by atoms with Crippen molar-refractivity contribution >= 4 is 11.8 Å². The SMILES string of the molecule is COc1cc(C)c(C(=O)O[C@H]2C(C)=C[C@]34C(=O)[C@@H](C=C(CO)[C@@H](O)[C@]23O)[C@H]2[C@@H](C[C@H]4C)C2(C)C)c(OC)c1. The highest BCUT2D eigenvalue weighted by molar-refractivity contribution is 5.97. The van der Waals surface area contributed by atoms with Crippen molar-refractivity contribution in [1.82, 2.24) is 0 Å². The van der Waals surface area contributed by atoms with E-state index in [0.717, 1.165) is 0 Å². The van der Waals surface area contributed by atoms with Gasteiger partial charge in [-0.3, -0.25) is 4.79 Å². The predicted molar refractivity (Wildman–Crippen MR) is 139 cm³/mol. The average Bonchev–Trinajstić information content (AvgIpc) is 3.36. The third-order valence-electron chi connectivity index (χ3n) is 10.1. The van der Waals surface area contributed by atoms with Gasteiger partial charge in [-0.2, -0.15) is 0 Å². The Morgan fingerprint density at radius 1 is 1.16 bits per heavy atom. The van der Waals surface area contributed by atoms with Gasteiger partial charge in [0.1, 0.15) is 23.2 Å². The molecular formula is C30H38O8. The van der Waals surface area contributed by atoms with Crippen molar-refractivity contribution in [2.75, 3.05) is 20.8 Å². The minimum Gasteiger partial charge on any atom is -0.497 e. The van der Waals surface area contributed by atoms with Crippen molar-refractivity contribution < 1.29 is 39.1 Å². The largest absolute Gasteiger partial charge is 0.497 e. The first-order valence-corrected chi connectivity index (χ1v) is 13.2. The number of Topliss-reactive ketones (excluding diaryl/α,β-unsaturated/α-hetero) is 1. The molecule has 1 spiro atoms. The van der Waals surface area contributed by atoms with Gasteiger partial charge < -0.3 is 29.5 Å². The highest BCUT2D eigenvalue weighted by Gasteiger charge is 2.76. The zero-order valence-corrected chi connectivity index (χ0v) is 23.1. The van der Waals surface area contributed by atoms with E-state index in [1.54, 1.807) is 38.1 Å². The number of carbonyl (C=O) groups excluding carboxylic acids is 2. The molecule has 4 aliphatic carbocycles. The van der Waals surface area contributed by atoms with Crippen LogP contribution in [0.15, 0.2) is 35.4 Å². The number of aliphatic hydroxyl groups is 3. The molecule has 5 rings (SSSR count). The lowest BCUT2D eigenvalue weighted by atomic mass is 9.59. The second-order valence-corrected chi connectivity index (χ2v) is 12.2. The number of allylic oxidation sites excluding steroid dienone is 1. The summed E-state index contributed by atoms with van der Waals surface area (Å²) in [7, 11) is 2.94. The van der Waals surface area contributed by atoms with E-state index in [1.807, 2.05) is 6.92 Å². The summed E-state index contributed by atoms with van der Waals surface area (Å²) in [5.41, 5.74) is -2.38. The van der Waals surface area contributed by atoms with E-state index in [0.29, 0.717) is 23.3 Å². The molecule has 0 aromatic heterocycles. The zero-order valence-electron chi connectivity index (χ0n) is 23.1. The molecule has 8 atom stereocenters. The zero-order chi connectivity index (χ0) is 27.9. The van der Waals surface area contributed by atoms with Crippen LogP contribution in [-0.4, -0.2) is 65.7 Å². The maximum absolute atomic E-state index is 14.5. The molecule has 2 bridgehead atoms. The number of carbonyl (C=O) groups is 2. The van der Waals surface area contributed by atoms with E-state index in [1.165, 1.54) is 14.2 Å². The van der Waals surface area contributed by atoms with Gasteiger partial charge in [-0.25, -0.2) is 4.79 Å². The van der Waals surface area contributed by atoms with Crippen LogP contribution in [0.2, 0.25) is 0 Å². The predicted octanol–water partition coefficient (Wildman–Crippen LogP) is 3.01. The summed E-state index contributed by atoms with van der Waals surface area (Å²) in [5.74, 6) is -0.781. The summed E-state index contributed by atoms with van der Waals surface area (Å²) in [6.45, 7) is 9.11. The van der Waals surface area contributed by atoms with Crippen LogP contribution in [0, 0.1) is 41.4 Å². The van der Waals surface area contributed by atoms with Gasteiger partial charge in [0.05, 0.1) is 26.2 Å². The molecule has 206 valence electrons. The van der Waals surface area contributed by atoms with Crippen LogP contribution in [0.25, 0.3) is 0 Å². The van der Waals surface area contributed by atoms with Gasteiger partial charge in [0, 0.05) is 12.0 Å². The van der Waals surface area contributed by atoms with E-state index in [-0.39, 0.29) is 45.8 Å². The minimum atomic E-state index is -2.19. The highest BCUT2D eigenvalue weighted by Crippen LogP contribution is 2.71. The number of benzene rings is 1. The van der Waals surface area contributed by atoms with Crippen molar-refractivity contribution in [2.45, 2.75) is 58.8 Å². The van der Waals surface area contributed by atoms with Crippen molar-refractivity contribution in [3.8, 4) is 11.5 Å². The smallest absolute Gasteiger partial charge is 0.342 e. The molecule has 1 aromatic carbocycles. The molecule has 0 radical (unpaired) electrons. The number of esters is 1. The van der Waals surface area contributed by atoms with Gasteiger partial charge in [0.25, 0.3) is 0 Å². The van der Waals surface area contributed by atoms with Gasteiger partial charge >= 0.3 is 5.97 Å².